The van der Waals surface area contributed by atoms with Crippen LogP contribution >= 0.6 is 22.6 Å². The van der Waals surface area contributed by atoms with E-state index in [1.54, 1.807) is 11.0 Å². The lowest BCUT2D eigenvalue weighted by Crippen LogP contribution is -2.39. The third kappa shape index (κ3) is 4.80. The molecule has 3 rings (SSSR count). The van der Waals surface area contributed by atoms with Crippen molar-refractivity contribution in [2.24, 2.45) is 5.73 Å². The van der Waals surface area contributed by atoms with Gasteiger partial charge in [-0.2, -0.15) is 0 Å². The summed E-state index contributed by atoms with van der Waals surface area (Å²) in [5.74, 6) is -0.363. The van der Waals surface area contributed by atoms with Crippen molar-refractivity contribution in [1.29, 1.82) is 0 Å². The normalized spacial score (nSPS) is 16.6. The van der Waals surface area contributed by atoms with Crippen molar-refractivity contribution >= 4 is 51.7 Å². The highest BCUT2D eigenvalue weighted by Gasteiger charge is 2.28. The van der Waals surface area contributed by atoms with Crippen LogP contribution in [0.15, 0.2) is 35.4 Å². The lowest BCUT2D eigenvalue weighted by Gasteiger charge is -2.30. The van der Waals surface area contributed by atoms with E-state index in [-0.39, 0.29) is 18.4 Å². The Labute approximate surface area is 183 Å². The number of nitrogens with two attached hydrogens (primary N) is 1. The van der Waals surface area contributed by atoms with Crippen molar-refractivity contribution in [1.82, 2.24) is 0 Å². The fraction of sp³-hybridized carbons (Fsp3) is 0.381. The quantitative estimate of drug-likeness (QED) is 0.454. The van der Waals surface area contributed by atoms with E-state index in [1.165, 1.54) is 0 Å². The summed E-state index contributed by atoms with van der Waals surface area (Å²) in [6.45, 7) is 2.47. The number of benzene rings is 1. The van der Waals surface area contributed by atoms with Gasteiger partial charge in [-0.05, 0) is 73.8 Å². The molecule has 0 bridgehead atoms. The first-order valence-corrected chi connectivity index (χ1v) is 10.7. The van der Waals surface area contributed by atoms with Crippen LogP contribution in [-0.4, -0.2) is 30.9 Å². The number of amides is 3. The molecule has 0 atom stereocenters. The van der Waals surface area contributed by atoms with E-state index < -0.39 is 5.91 Å². The second kappa shape index (κ2) is 9.43. The van der Waals surface area contributed by atoms with Gasteiger partial charge in [-0.15, -0.1) is 0 Å². The van der Waals surface area contributed by atoms with Crippen molar-refractivity contribution in [2.75, 3.05) is 23.4 Å². The number of allylic oxidation sites excluding steroid dienone is 1. The molecule has 0 saturated heterocycles. The van der Waals surface area contributed by atoms with E-state index in [0.29, 0.717) is 47.7 Å². The second-order valence-electron chi connectivity index (χ2n) is 6.97. The van der Waals surface area contributed by atoms with Crippen molar-refractivity contribution in [3.63, 3.8) is 0 Å². The number of nitrogens with one attached hydrogen (secondary N) is 1. The maximum atomic E-state index is 12.9. The van der Waals surface area contributed by atoms with E-state index >= 15 is 0 Å². The van der Waals surface area contributed by atoms with Crippen molar-refractivity contribution < 1.29 is 19.1 Å². The Balaban J connectivity index is 1.90. The van der Waals surface area contributed by atoms with Gasteiger partial charge in [0.25, 0.3) is 11.8 Å². The minimum Gasteiger partial charge on any atom is -0.482 e. The van der Waals surface area contributed by atoms with Crippen molar-refractivity contribution in [3.05, 3.63) is 39.0 Å². The highest BCUT2D eigenvalue weighted by molar-refractivity contribution is 14.1. The van der Waals surface area contributed by atoms with Crippen LogP contribution in [0.4, 0.5) is 11.4 Å². The minimum atomic E-state index is -0.538. The molecule has 1 heterocycles. The SMILES string of the molecule is C/C=C/CCN1C(=O)COc2cc(I)c(NC(=O)C3=C(C(N)=O)CCCC3)cc21. The van der Waals surface area contributed by atoms with E-state index in [4.69, 9.17) is 10.5 Å². The molecule has 1 aliphatic heterocycles. The van der Waals surface area contributed by atoms with Gasteiger partial charge in [0.15, 0.2) is 6.61 Å². The highest BCUT2D eigenvalue weighted by Crippen LogP contribution is 2.38. The van der Waals surface area contributed by atoms with Crippen LogP contribution in [0.25, 0.3) is 0 Å². The molecule has 154 valence electrons. The molecule has 3 N–H and O–H groups in total. The zero-order valence-electron chi connectivity index (χ0n) is 16.3. The van der Waals surface area contributed by atoms with E-state index in [9.17, 15) is 14.4 Å². The van der Waals surface area contributed by atoms with Crippen molar-refractivity contribution in [3.8, 4) is 5.75 Å². The summed E-state index contributed by atoms with van der Waals surface area (Å²) >= 11 is 2.12. The van der Waals surface area contributed by atoms with E-state index in [0.717, 1.165) is 22.8 Å². The molecule has 0 saturated carbocycles. The van der Waals surface area contributed by atoms with Crippen LogP contribution < -0.4 is 20.7 Å². The predicted octanol–water partition coefficient (Wildman–Crippen LogP) is 3.28. The van der Waals surface area contributed by atoms with Crippen molar-refractivity contribution in [2.45, 2.75) is 39.0 Å². The molecule has 0 aromatic heterocycles. The summed E-state index contributed by atoms with van der Waals surface area (Å²) in [5.41, 5.74) is 7.53. The number of anilines is 2. The molecule has 1 aromatic carbocycles. The zero-order chi connectivity index (χ0) is 21.0. The number of rotatable bonds is 6. The fourth-order valence-electron chi connectivity index (χ4n) is 3.56. The predicted molar refractivity (Wildman–Crippen MR) is 120 cm³/mol. The number of carbonyl (C=O) groups excluding carboxylic acids is 3. The number of primary amides is 1. The molecule has 0 spiro atoms. The maximum Gasteiger partial charge on any atom is 0.265 e. The third-order valence-corrected chi connectivity index (χ3v) is 5.93. The molecule has 0 unspecified atom stereocenters. The fourth-order valence-corrected chi connectivity index (χ4v) is 4.13. The number of hydrogen-bond donors (Lipinski definition) is 2. The molecule has 29 heavy (non-hydrogen) atoms. The lowest BCUT2D eigenvalue weighted by atomic mass is 9.90. The van der Waals surface area contributed by atoms with E-state index in [1.807, 2.05) is 25.1 Å². The maximum absolute atomic E-state index is 12.9. The average molecular weight is 509 g/mol. The minimum absolute atomic E-state index is 0.000513. The van der Waals surface area contributed by atoms with E-state index in [2.05, 4.69) is 27.9 Å². The van der Waals surface area contributed by atoms with Gasteiger partial charge in [-0.1, -0.05) is 12.2 Å². The van der Waals surface area contributed by atoms with Gasteiger partial charge >= 0.3 is 0 Å². The molecule has 1 aliphatic carbocycles. The van der Waals surface area contributed by atoms with Gasteiger partial charge in [0, 0.05) is 21.3 Å². The largest absolute Gasteiger partial charge is 0.482 e. The van der Waals surface area contributed by atoms with Crippen LogP contribution in [0.2, 0.25) is 0 Å². The first-order chi connectivity index (χ1) is 13.9. The van der Waals surface area contributed by atoms with Gasteiger partial charge in [0.05, 0.1) is 11.4 Å². The van der Waals surface area contributed by atoms with Crippen LogP contribution in [0.1, 0.15) is 39.0 Å². The number of ether oxygens (including phenoxy) is 1. The van der Waals surface area contributed by atoms with Crippen LogP contribution in [0.3, 0.4) is 0 Å². The summed E-state index contributed by atoms with van der Waals surface area (Å²) in [4.78, 5) is 38.6. The Morgan fingerprint density at radius 1 is 1.28 bits per heavy atom. The summed E-state index contributed by atoms with van der Waals surface area (Å²) in [5, 5.41) is 2.90. The molecule has 7 nitrogen and oxygen atoms in total. The third-order valence-electron chi connectivity index (χ3n) is 5.03. The Morgan fingerprint density at radius 2 is 2.00 bits per heavy atom. The van der Waals surface area contributed by atoms with Crippen LogP contribution in [0.5, 0.6) is 5.75 Å². The number of carbonyl (C=O) groups is 3. The Bertz CT molecular complexity index is 907. The summed E-state index contributed by atoms with van der Waals surface area (Å²) < 4.78 is 6.37. The van der Waals surface area contributed by atoms with Gasteiger partial charge < -0.3 is 20.7 Å². The zero-order valence-corrected chi connectivity index (χ0v) is 18.5. The Kier molecular flexibility index (Phi) is 6.94. The molecule has 2 aliphatic rings. The summed E-state index contributed by atoms with van der Waals surface area (Å²) in [7, 11) is 0. The first kappa shape index (κ1) is 21.4. The smallest absolute Gasteiger partial charge is 0.265 e. The number of halogens is 1. The summed E-state index contributed by atoms with van der Waals surface area (Å²) in [6.07, 6.45) is 7.43. The van der Waals surface area contributed by atoms with Gasteiger partial charge in [0.1, 0.15) is 5.75 Å². The van der Waals surface area contributed by atoms with Crippen LogP contribution in [0, 0.1) is 3.57 Å². The monoisotopic (exact) mass is 509 g/mol. The Morgan fingerprint density at radius 3 is 2.69 bits per heavy atom. The van der Waals surface area contributed by atoms with Gasteiger partial charge in [-0.25, -0.2) is 0 Å². The molecule has 8 heteroatoms. The number of fused-ring (bicyclic) bond motifs is 1. The van der Waals surface area contributed by atoms with Gasteiger partial charge in [0.2, 0.25) is 5.91 Å². The molecular formula is C21H24IN3O4. The topological polar surface area (TPSA) is 102 Å². The standard InChI is InChI=1S/C21H24IN3O4/c1-2-3-6-9-25-17-11-16(15(22)10-18(17)29-12-19(25)26)24-21(28)14-8-5-4-7-13(14)20(23)27/h2-3,10-11H,4-9,12H2,1H3,(H2,23,27)(H,24,28)/b3-2+. The second-order valence-corrected chi connectivity index (χ2v) is 8.14. The average Bonchev–Trinajstić information content (AvgIpc) is 2.70. The van der Waals surface area contributed by atoms with Crippen LogP contribution in [-0.2, 0) is 14.4 Å². The first-order valence-electron chi connectivity index (χ1n) is 9.63. The molecular weight excluding hydrogens is 485 g/mol. The Hall–Kier alpha value is -2.36. The summed E-state index contributed by atoms with van der Waals surface area (Å²) in [6, 6.07) is 3.57. The highest BCUT2D eigenvalue weighted by atomic mass is 127. The molecule has 1 aromatic rings. The van der Waals surface area contributed by atoms with Gasteiger partial charge in [-0.3, -0.25) is 14.4 Å². The lowest BCUT2D eigenvalue weighted by molar-refractivity contribution is -0.121. The molecule has 3 amide bonds. The molecule has 0 fully saturated rings. The number of hydrogen-bond acceptors (Lipinski definition) is 4. The number of nitrogens with zero attached hydrogens (tertiary/aromatic N) is 1. The molecule has 0 radical (unpaired) electrons.